The number of ether oxygens (including phenoxy) is 2. The van der Waals surface area contributed by atoms with Crippen LogP contribution in [0.3, 0.4) is 0 Å². The number of anilines is 1. The highest BCUT2D eigenvalue weighted by molar-refractivity contribution is 6.03. The topological polar surface area (TPSA) is 110 Å². The molecule has 0 radical (unpaired) electrons. The highest BCUT2D eigenvalue weighted by Crippen LogP contribution is 2.28. The number of carbonyl (C=O) groups is 3. The molecule has 1 aliphatic rings. The third-order valence-corrected chi connectivity index (χ3v) is 5.07. The molecular formula is C24H25N3O5. The Morgan fingerprint density at radius 1 is 1.31 bits per heavy atom. The van der Waals surface area contributed by atoms with E-state index in [1.165, 1.54) is 18.2 Å². The Hall–Kier alpha value is -3.86. The van der Waals surface area contributed by atoms with Crippen molar-refractivity contribution < 1.29 is 23.9 Å². The molecule has 2 heterocycles. The zero-order chi connectivity index (χ0) is 23.4. The minimum absolute atomic E-state index is 0.0823. The van der Waals surface area contributed by atoms with E-state index >= 15 is 0 Å². The molecule has 8 nitrogen and oxygen atoms in total. The van der Waals surface area contributed by atoms with Gasteiger partial charge in [0.05, 0.1) is 5.69 Å². The van der Waals surface area contributed by atoms with Gasteiger partial charge in [-0.15, -0.1) is 0 Å². The van der Waals surface area contributed by atoms with Crippen molar-refractivity contribution in [2.45, 2.75) is 34.2 Å². The molecule has 2 aromatic rings. The van der Waals surface area contributed by atoms with Crippen LogP contribution < -0.4 is 10.1 Å². The molecule has 1 aromatic heterocycles. The highest BCUT2D eigenvalue weighted by atomic mass is 16.5. The Morgan fingerprint density at radius 2 is 2.06 bits per heavy atom. The SMILES string of the molecule is Cc1cc(/C=C(/C#N)C(=O)OCC(=O)c2ccc3c(c2)NC(=O)CO3)c(C)n1CC(C)C. The maximum absolute atomic E-state index is 12.5. The van der Waals surface area contributed by atoms with Gasteiger partial charge in [0.25, 0.3) is 5.91 Å². The monoisotopic (exact) mass is 435 g/mol. The smallest absolute Gasteiger partial charge is 0.349 e. The Kier molecular flexibility index (Phi) is 6.79. The van der Waals surface area contributed by atoms with Crippen molar-refractivity contribution >= 4 is 29.4 Å². The number of Topliss-reactive ketones (excluding diaryl/α,β-unsaturated/α-hetero) is 1. The van der Waals surface area contributed by atoms with Crippen molar-refractivity contribution in [3.63, 3.8) is 0 Å². The maximum atomic E-state index is 12.5. The molecule has 1 aliphatic heterocycles. The van der Waals surface area contributed by atoms with E-state index in [0.717, 1.165) is 23.5 Å². The molecule has 0 saturated heterocycles. The molecule has 0 spiro atoms. The molecule has 1 aromatic carbocycles. The van der Waals surface area contributed by atoms with Crippen molar-refractivity contribution in [3.05, 3.63) is 52.4 Å². The Balaban J connectivity index is 1.70. The molecule has 0 atom stereocenters. The summed E-state index contributed by atoms with van der Waals surface area (Å²) in [4.78, 5) is 36.3. The van der Waals surface area contributed by atoms with Crippen LogP contribution in [0.1, 0.15) is 41.2 Å². The van der Waals surface area contributed by atoms with Crippen molar-refractivity contribution in [1.82, 2.24) is 4.57 Å². The molecule has 32 heavy (non-hydrogen) atoms. The number of fused-ring (bicyclic) bond motifs is 1. The minimum atomic E-state index is -0.871. The minimum Gasteiger partial charge on any atom is -0.482 e. The van der Waals surface area contributed by atoms with Crippen LogP contribution in [0.4, 0.5) is 5.69 Å². The predicted octanol–water partition coefficient (Wildman–Crippen LogP) is 3.42. The second-order valence-electron chi connectivity index (χ2n) is 8.05. The number of aromatic nitrogens is 1. The summed E-state index contributed by atoms with van der Waals surface area (Å²) in [5, 5.41) is 12.1. The quantitative estimate of drug-likeness (QED) is 0.309. The fourth-order valence-corrected chi connectivity index (χ4v) is 3.46. The average Bonchev–Trinajstić information content (AvgIpc) is 3.01. The van der Waals surface area contributed by atoms with Crippen molar-refractivity contribution in [2.75, 3.05) is 18.5 Å². The van der Waals surface area contributed by atoms with Crippen LogP contribution in [0.2, 0.25) is 0 Å². The number of ketones is 1. The van der Waals surface area contributed by atoms with Crippen LogP contribution in [0, 0.1) is 31.1 Å². The zero-order valence-electron chi connectivity index (χ0n) is 18.5. The first-order valence-electron chi connectivity index (χ1n) is 10.2. The normalized spacial score (nSPS) is 13.1. The standard InChI is InChI=1S/C24H25N3O5/c1-14(2)11-27-15(3)7-18(16(27)4)8-19(10-25)24(30)32-12-21(28)17-5-6-22-20(9-17)26-23(29)13-31-22/h5-9,14H,11-13H2,1-4H3,(H,26,29)/b19-8-. The summed E-state index contributed by atoms with van der Waals surface area (Å²) in [7, 11) is 0. The first-order chi connectivity index (χ1) is 15.2. The number of nitrogens with one attached hydrogen (secondary N) is 1. The highest BCUT2D eigenvalue weighted by Gasteiger charge is 2.20. The molecule has 8 heteroatoms. The van der Waals surface area contributed by atoms with Gasteiger partial charge < -0.3 is 19.4 Å². The lowest BCUT2D eigenvalue weighted by Crippen LogP contribution is -2.25. The number of hydrogen-bond acceptors (Lipinski definition) is 6. The van der Waals surface area contributed by atoms with E-state index in [9.17, 15) is 19.6 Å². The molecule has 0 saturated carbocycles. The lowest BCUT2D eigenvalue weighted by Gasteiger charge is -2.18. The number of rotatable bonds is 7. The second-order valence-corrected chi connectivity index (χ2v) is 8.05. The van der Waals surface area contributed by atoms with Crippen LogP contribution >= 0.6 is 0 Å². The summed E-state index contributed by atoms with van der Waals surface area (Å²) in [6.07, 6.45) is 1.48. The largest absolute Gasteiger partial charge is 0.482 e. The van der Waals surface area contributed by atoms with Crippen molar-refractivity contribution in [1.29, 1.82) is 5.26 Å². The van der Waals surface area contributed by atoms with Gasteiger partial charge in [0.1, 0.15) is 17.4 Å². The van der Waals surface area contributed by atoms with E-state index in [0.29, 0.717) is 17.4 Å². The Morgan fingerprint density at radius 3 is 2.75 bits per heavy atom. The van der Waals surface area contributed by atoms with E-state index in [2.05, 4.69) is 23.7 Å². The first-order valence-corrected chi connectivity index (χ1v) is 10.2. The van der Waals surface area contributed by atoms with Crippen LogP contribution in [0.15, 0.2) is 29.8 Å². The fourth-order valence-electron chi connectivity index (χ4n) is 3.46. The number of esters is 1. The predicted molar refractivity (Wildman–Crippen MR) is 118 cm³/mol. The number of nitrogens with zero attached hydrogens (tertiary/aromatic N) is 2. The lowest BCUT2D eigenvalue weighted by atomic mass is 10.1. The van der Waals surface area contributed by atoms with Gasteiger partial charge in [0, 0.05) is 23.5 Å². The summed E-state index contributed by atoms with van der Waals surface area (Å²) >= 11 is 0. The summed E-state index contributed by atoms with van der Waals surface area (Å²) in [6.45, 7) is 8.36. The summed E-state index contributed by atoms with van der Waals surface area (Å²) in [6, 6.07) is 8.33. The maximum Gasteiger partial charge on any atom is 0.349 e. The zero-order valence-corrected chi connectivity index (χ0v) is 18.5. The number of aryl methyl sites for hydroxylation is 1. The summed E-state index contributed by atoms with van der Waals surface area (Å²) in [5.41, 5.74) is 3.19. The van der Waals surface area contributed by atoms with Gasteiger partial charge >= 0.3 is 5.97 Å². The molecule has 0 fully saturated rings. The van der Waals surface area contributed by atoms with E-state index < -0.39 is 18.4 Å². The van der Waals surface area contributed by atoms with E-state index in [4.69, 9.17) is 9.47 Å². The molecule has 0 aliphatic carbocycles. The molecule has 1 amide bonds. The molecule has 1 N–H and O–H groups in total. The van der Waals surface area contributed by atoms with E-state index in [-0.39, 0.29) is 23.7 Å². The van der Waals surface area contributed by atoms with Crippen LogP contribution in [0.5, 0.6) is 5.75 Å². The van der Waals surface area contributed by atoms with Gasteiger partial charge in [-0.25, -0.2) is 4.79 Å². The summed E-state index contributed by atoms with van der Waals surface area (Å²) in [5.74, 6) is -0.739. The number of amides is 1. The number of carbonyl (C=O) groups excluding carboxylic acids is 3. The van der Waals surface area contributed by atoms with E-state index in [1.54, 1.807) is 6.07 Å². The van der Waals surface area contributed by atoms with Gasteiger partial charge in [-0.1, -0.05) is 13.8 Å². The van der Waals surface area contributed by atoms with Gasteiger partial charge in [0.15, 0.2) is 19.0 Å². The average molecular weight is 435 g/mol. The van der Waals surface area contributed by atoms with Crippen LogP contribution in [-0.4, -0.2) is 35.4 Å². The first kappa shape index (κ1) is 22.8. The van der Waals surface area contributed by atoms with Crippen LogP contribution in [0.25, 0.3) is 6.08 Å². The number of benzene rings is 1. The molecule has 166 valence electrons. The van der Waals surface area contributed by atoms with Gasteiger partial charge in [-0.2, -0.15) is 5.26 Å². The number of nitriles is 1. The number of hydrogen-bond donors (Lipinski definition) is 1. The third-order valence-electron chi connectivity index (χ3n) is 5.07. The van der Waals surface area contributed by atoms with Gasteiger partial charge in [0.2, 0.25) is 0 Å². The lowest BCUT2D eigenvalue weighted by molar-refractivity contribution is -0.137. The fraction of sp³-hybridized carbons (Fsp3) is 0.333. The molecular weight excluding hydrogens is 410 g/mol. The summed E-state index contributed by atoms with van der Waals surface area (Å²) < 4.78 is 12.5. The van der Waals surface area contributed by atoms with Crippen LogP contribution in [-0.2, 0) is 20.9 Å². The Labute approximate surface area is 186 Å². The molecule has 3 rings (SSSR count). The van der Waals surface area contributed by atoms with Crippen molar-refractivity contribution in [2.24, 2.45) is 5.92 Å². The molecule has 0 unspecified atom stereocenters. The molecule has 0 bridgehead atoms. The van der Waals surface area contributed by atoms with Crippen molar-refractivity contribution in [3.8, 4) is 11.8 Å². The second kappa shape index (κ2) is 9.52. The van der Waals surface area contributed by atoms with Gasteiger partial charge in [-0.3, -0.25) is 9.59 Å². The Bertz CT molecular complexity index is 1150. The third kappa shape index (κ3) is 5.06. The van der Waals surface area contributed by atoms with E-state index in [1.807, 2.05) is 26.0 Å². The van der Waals surface area contributed by atoms with Gasteiger partial charge in [-0.05, 0) is 55.7 Å².